The Morgan fingerprint density at radius 1 is 0.970 bits per heavy atom. The summed E-state index contributed by atoms with van der Waals surface area (Å²) in [5.41, 5.74) is 3.71. The van der Waals surface area contributed by atoms with E-state index in [1.807, 2.05) is 66.7 Å². The molecule has 0 bridgehead atoms. The van der Waals surface area contributed by atoms with Gasteiger partial charge in [0.1, 0.15) is 13.2 Å². The van der Waals surface area contributed by atoms with Gasteiger partial charge in [-0.25, -0.2) is 0 Å². The average Bonchev–Trinajstić information content (AvgIpc) is 3.32. The van der Waals surface area contributed by atoms with E-state index in [0.29, 0.717) is 29.5 Å². The fourth-order valence-corrected chi connectivity index (χ4v) is 3.24. The lowest BCUT2D eigenvalue weighted by atomic mass is 10.1. The maximum absolute atomic E-state index is 12.3. The number of tetrazole rings is 1. The number of rotatable bonds is 9. The number of nitrogens with zero attached hydrogens (tertiary/aromatic N) is 4. The Morgan fingerprint density at radius 2 is 1.76 bits per heavy atom. The van der Waals surface area contributed by atoms with Crippen LogP contribution in [0.4, 0.5) is 5.69 Å². The topological polar surface area (TPSA) is 91.2 Å². The number of aryl methyl sites for hydroxylation is 1. The van der Waals surface area contributed by atoms with E-state index in [2.05, 4.69) is 27.7 Å². The summed E-state index contributed by atoms with van der Waals surface area (Å²) in [6.45, 7) is 2.47. The lowest BCUT2D eigenvalue weighted by Gasteiger charge is -2.11. The number of aromatic nitrogens is 4. The van der Waals surface area contributed by atoms with Crippen molar-refractivity contribution in [2.45, 2.75) is 26.5 Å². The number of amides is 1. The quantitative estimate of drug-likeness (QED) is 0.418. The molecule has 1 N–H and O–H groups in total. The first-order chi connectivity index (χ1) is 16.1. The summed E-state index contributed by atoms with van der Waals surface area (Å²) in [7, 11) is 1.58. The monoisotopic (exact) mass is 443 g/mol. The van der Waals surface area contributed by atoms with E-state index in [0.717, 1.165) is 17.7 Å². The first-order valence-corrected chi connectivity index (χ1v) is 10.7. The molecular formula is C25H25N5O3. The maximum Gasteiger partial charge on any atom is 0.248 e. The Kier molecular flexibility index (Phi) is 6.94. The zero-order chi connectivity index (χ0) is 23.0. The summed E-state index contributed by atoms with van der Waals surface area (Å²) < 4.78 is 11.4. The number of carbonyl (C=O) groups is 1. The van der Waals surface area contributed by atoms with Crippen molar-refractivity contribution in [3.63, 3.8) is 0 Å². The van der Waals surface area contributed by atoms with Crippen molar-refractivity contribution in [1.82, 2.24) is 20.2 Å². The van der Waals surface area contributed by atoms with Gasteiger partial charge in [-0.3, -0.25) is 4.79 Å². The van der Waals surface area contributed by atoms with E-state index in [9.17, 15) is 4.79 Å². The number of anilines is 1. The molecule has 33 heavy (non-hydrogen) atoms. The average molecular weight is 444 g/mol. The van der Waals surface area contributed by atoms with Crippen LogP contribution in [0.15, 0.2) is 72.8 Å². The van der Waals surface area contributed by atoms with Gasteiger partial charge in [0.25, 0.3) is 0 Å². The summed E-state index contributed by atoms with van der Waals surface area (Å²) >= 11 is 0. The van der Waals surface area contributed by atoms with Crippen LogP contribution < -0.4 is 14.8 Å². The highest BCUT2D eigenvalue weighted by Crippen LogP contribution is 2.31. The molecule has 0 aliphatic rings. The molecule has 0 fully saturated rings. The predicted octanol–water partition coefficient (Wildman–Crippen LogP) is 4.13. The fraction of sp³-hybridized carbons (Fsp3) is 0.200. The molecule has 4 rings (SSSR count). The van der Waals surface area contributed by atoms with Crippen LogP contribution in [0.1, 0.15) is 18.1 Å². The first kappa shape index (κ1) is 22.0. The molecule has 3 aromatic carbocycles. The standard InChI is InChI=1S/C25H25N5O3/c1-3-18-9-12-21(13-10-18)26-24(31)16-30-28-25(27-29-30)20-11-14-22(23(15-20)32-2)33-17-19-7-5-4-6-8-19/h4-15H,3,16-17H2,1-2H3,(H,26,31). The summed E-state index contributed by atoms with van der Waals surface area (Å²) in [5.74, 6) is 1.34. The van der Waals surface area contributed by atoms with Crippen molar-refractivity contribution in [2.24, 2.45) is 0 Å². The molecule has 0 unspecified atom stereocenters. The highest BCUT2D eigenvalue weighted by molar-refractivity contribution is 5.90. The van der Waals surface area contributed by atoms with E-state index < -0.39 is 0 Å². The second-order valence-corrected chi connectivity index (χ2v) is 7.38. The van der Waals surface area contributed by atoms with E-state index in [4.69, 9.17) is 9.47 Å². The van der Waals surface area contributed by atoms with Crippen LogP contribution in [0.2, 0.25) is 0 Å². The fourth-order valence-electron chi connectivity index (χ4n) is 3.24. The minimum Gasteiger partial charge on any atom is -0.493 e. The van der Waals surface area contributed by atoms with Crippen LogP contribution in [0, 0.1) is 0 Å². The van der Waals surface area contributed by atoms with Crippen LogP contribution in [0.25, 0.3) is 11.4 Å². The van der Waals surface area contributed by atoms with Gasteiger partial charge >= 0.3 is 0 Å². The Balaban J connectivity index is 1.40. The lowest BCUT2D eigenvalue weighted by Crippen LogP contribution is -2.20. The van der Waals surface area contributed by atoms with E-state index in [1.165, 1.54) is 10.4 Å². The Morgan fingerprint density at radius 3 is 2.48 bits per heavy atom. The molecule has 1 aromatic heterocycles. The molecule has 0 spiro atoms. The molecule has 1 heterocycles. The molecule has 0 saturated heterocycles. The van der Waals surface area contributed by atoms with Crippen LogP contribution >= 0.6 is 0 Å². The van der Waals surface area contributed by atoms with Gasteiger partial charge in [-0.1, -0.05) is 49.4 Å². The van der Waals surface area contributed by atoms with E-state index in [-0.39, 0.29) is 12.5 Å². The number of benzene rings is 3. The largest absolute Gasteiger partial charge is 0.493 e. The molecule has 8 heteroatoms. The summed E-state index contributed by atoms with van der Waals surface area (Å²) in [6.07, 6.45) is 0.949. The third kappa shape index (κ3) is 5.74. The second-order valence-electron chi connectivity index (χ2n) is 7.38. The van der Waals surface area contributed by atoms with Crippen LogP contribution in [0.3, 0.4) is 0 Å². The smallest absolute Gasteiger partial charge is 0.248 e. The number of carbonyl (C=O) groups excluding carboxylic acids is 1. The van der Waals surface area contributed by atoms with Gasteiger partial charge in [-0.15, -0.1) is 10.2 Å². The normalized spacial score (nSPS) is 10.6. The first-order valence-electron chi connectivity index (χ1n) is 10.7. The van der Waals surface area contributed by atoms with Crippen molar-refractivity contribution in [2.75, 3.05) is 12.4 Å². The van der Waals surface area contributed by atoms with Crippen molar-refractivity contribution < 1.29 is 14.3 Å². The van der Waals surface area contributed by atoms with Gasteiger partial charge < -0.3 is 14.8 Å². The zero-order valence-electron chi connectivity index (χ0n) is 18.6. The third-order valence-corrected chi connectivity index (χ3v) is 5.04. The summed E-state index contributed by atoms with van der Waals surface area (Å²) in [5, 5.41) is 15.2. The molecule has 4 aromatic rings. The summed E-state index contributed by atoms with van der Waals surface area (Å²) in [6, 6.07) is 23.1. The van der Waals surface area contributed by atoms with Gasteiger partial charge in [0.05, 0.1) is 7.11 Å². The van der Waals surface area contributed by atoms with Gasteiger partial charge in [-0.2, -0.15) is 4.80 Å². The number of nitrogens with one attached hydrogen (secondary N) is 1. The molecule has 168 valence electrons. The van der Waals surface area contributed by atoms with Crippen molar-refractivity contribution in [1.29, 1.82) is 0 Å². The molecule has 0 aliphatic carbocycles. The number of hydrogen-bond donors (Lipinski definition) is 1. The van der Waals surface area contributed by atoms with Gasteiger partial charge in [0, 0.05) is 11.3 Å². The van der Waals surface area contributed by atoms with Crippen LogP contribution in [0.5, 0.6) is 11.5 Å². The van der Waals surface area contributed by atoms with Crippen molar-refractivity contribution in [3.05, 3.63) is 83.9 Å². The highest BCUT2D eigenvalue weighted by Gasteiger charge is 2.13. The molecule has 0 atom stereocenters. The molecule has 0 radical (unpaired) electrons. The Hall–Kier alpha value is -4.20. The van der Waals surface area contributed by atoms with Gasteiger partial charge in [-0.05, 0) is 53.1 Å². The lowest BCUT2D eigenvalue weighted by molar-refractivity contribution is -0.117. The van der Waals surface area contributed by atoms with E-state index in [1.54, 1.807) is 13.2 Å². The van der Waals surface area contributed by atoms with Crippen LogP contribution in [-0.2, 0) is 24.4 Å². The molecule has 0 saturated carbocycles. The summed E-state index contributed by atoms with van der Waals surface area (Å²) in [4.78, 5) is 13.6. The molecule has 8 nitrogen and oxygen atoms in total. The second kappa shape index (κ2) is 10.4. The number of methoxy groups -OCH3 is 1. The minimum atomic E-state index is -0.231. The Labute approximate surface area is 192 Å². The van der Waals surface area contributed by atoms with Crippen molar-refractivity contribution >= 4 is 11.6 Å². The third-order valence-electron chi connectivity index (χ3n) is 5.04. The van der Waals surface area contributed by atoms with Gasteiger partial charge in [0.2, 0.25) is 11.7 Å². The minimum absolute atomic E-state index is 0.0437. The number of ether oxygens (including phenoxy) is 2. The van der Waals surface area contributed by atoms with Gasteiger partial charge in [0.15, 0.2) is 11.5 Å². The highest BCUT2D eigenvalue weighted by atomic mass is 16.5. The molecular weight excluding hydrogens is 418 g/mol. The Bertz CT molecular complexity index is 1210. The van der Waals surface area contributed by atoms with E-state index >= 15 is 0 Å². The zero-order valence-corrected chi connectivity index (χ0v) is 18.6. The molecule has 0 aliphatic heterocycles. The SMILES string of the molecule is CCc1ccc(NC(=O)Cn2nnc(-c3ccc(OCc4ccccc4)c(OC)c3)n2)cc1. The van der Waals surface area contributed by atoms with Crippen LogP contribution in [-0.4, -0.2) is 33.2 Å². The maximum atomic E-state index is 12.3. The molecule has 1 amide bonds. The number of hydrogen-bond acceptors (Lipinski definition) is 6. The predicted molar refractivity (Wildman–Crippen MR) is 125 cm³/mol. The van der Waals surface area contributed by atoms with Crippen molar-refractivity contribution in [3.8, 4) is 22.9 Å².